The van der Waals surface area contributed by atoms with Gasteiger partial charge in [0.05, 0.1) is 17.3 Å². The van der Waals surface area contributed by atoms with Crippen LogP contribution in [0.15, 0.2) is 132 Å². The lowest BCUT2D eigenvalue weighted by Crippen LogP contribution is -2.38. The number of carbonyl (C=O) groups is 1. The molecule has 276 valence electrons. The molecule has 0 aliphatic carbocycles. The van der Waals surface area contributed by atoms with Gasteiger partial charge in [-0.25, -0.2) is 4.79 Å². The predicted molar refractivity (Wildman–Crippen MR) is 214 cm³/mol. The Bertz CT molecular complexity index is 2220. The molecule has 5 aromatic carbocycles. The number of aliphatic hydroxyl groups is 1. The molecule has 1 saturated heterocycles. The summed E-state index contributed by atoms with van der Waals surface area (Å²) >= 11 is 0. The van der Waals surface area contributed by atoms with Gasteiger partial charge in [0.25, 0.3) is 0 Å². The number of anilines is 3. The van der Waals surface area contributed by atoms with Crippen molar-refractivity contribution in [2.24, 2.45) is 0 Å². The van der Waals surface area contributed by atoms with Crippen LogP contribution in [0.1, 0.15) is 35.6 Å². The monoisotopic (exact) mass is 723 g/mol. The van der Waals surface area contributed by atoms with Crippen molar-refractivity contribution in [1.82, 2.24) is 15.2 Å². The Balaban J connectivity index is 0.813. The zero-order valence-corrected chi connectivity index (χ0v) is 30.0. The number of aliphatic hydroxyl groups excluding tert-OH is 1. The highest BCUT2D eigenvalue weighted by Gasteiger charge is 2.23. The largest absolute Gasteiger partial charge is 0.506 e. The fourth-order valence-corrected chi connectivity index (χ4v) is 6.94. The summed E-state index contributed by atoms with van der Waals surface area (Å²) in [6.45, 7) is 3.59. The number of H-pyrrole nitrogens is 1. The van der Waals surface area contributed by atoms with E-state index in [9.17, 15) is 19.8 Å². The second-order valence-corrected chi connectivity index (χ2v) is 13.7. The second-order valence-electron chi connectivity index (χ2n) is 13.7. The van der Waals surface area contributed by atoms with Crippen LogP contribution in [0.3, 0.4) is 0 Å². The summed E-state index contributed by atoms with van der Waals surface area (Å²) in [6, 6.07) is 40.8. The smallest absolute Gasteiger partial charge is 0.411 e. The van der Waals surface area contributed by atoms with E-state index >= 15 is 0 Å². The van der Waals surface area contributed by atoms with E-state index in [0.29, 0.717) is 29.6 Å². The SMILES string of the molecule is O=C(Nc1ccccc1-c1ccccc1)OC1CCN(Cc2ccc(Nc3ccc(CCNC[C@H](O)c4ccc(O)c5[nH]c(=O)ccc45)cc3)cc2)CC1. The van der Waals surface area contributed by atoms with Crippen molar-refractivity contribution in [2.45, 2.75) is 38.0 Å². The van der Waals surface area contributed by atoms with Crippen molar-refractivity contribution < 1.29 is 19.7 Å². The molecule has 1 fully saturated rings. The number of nitrogens with one attached hydrogen (secondary N) is 4. The molecule has 1 aliphatic heterocycles. The lowest BCUT2D eigenvalue weighted by molar-refractivity contribution is 0.0567. The summed E-state index contributed by atoms with van der Waals surface area (Å²) < 4.78 is 5.82. The molecular weight excluding hydrogens is 679 g/mol. The minimum Gasteiger partial charge on any atom is -0.506 e. The first-order chi connectivity index (χ1) is 26.4. The van der Waals surface area contributed by atoms with Gasteiger partial charge in [-0.2, -0.15) is 0 Å². The highest BCUT2D eigenvalue weighted by molar-refractivity contribution is 5.91. The summed E-state index contributed by atoms with van der Waals surface area (Å²) in [6.07, 6.45) is 1.07. The zero-order valence-electron chi connectivity index (χ0n) is 30.0. The Kier molecular flexibility index (Phi) is 11.6. The summed E-state index contributed by atoms with van der Waals surface area (Å²) in [7, 11) is 0. The van der Waals surface area contributed by atoms with E-state index < -0.39 is 12.2 Å². The first kappa shape index (κ1) is 36.4. The number of piperidine rings is 1. The van der Waals surface area contributed by atoms with Gasteiger partial charge in [-0.1, -0.05) is 78.9 Å². The van der Waals surface area contributed by atoms with Gasteiger partial charge in [0.15, 0.2) is 0 Å². The van der Waals surface area contributed by atoms with E-state index in [1.165, 1.54) is 23.3 Å². The van der Waals surface area contributed by atoms with Gasteiger partial charge >= 0.3 is 6.09 Å². The number of amides is 1. The molecule has 6 N–H and O–H groups in total. The predicted octanol–water partition coefficient (Wildman–Crippen LogP) is 7.72. The fraction of sp³-hybridized carbons (Fsp3) is 0.227. The molecule has 0 unspecified atom stereocenters. The number of hydrogen-bond acceptors (Lipinski definition) is 8. The lowest BCUT2D eigenvalue weighted by atomic mass is 10.0. The molecule has 1 amide bonds. The highest BCUT2D eigenvalue weighted by atomic mass is 16.6. The van der Waals surface area contributed by atoms with Crippen LogP contribution in [-0.2, 0) is 17.7 Å². The number of carbonyl (C=O) groups excluding carboxylic acids is 1. The van der Waals surface area contributed by atoms with Gasteiger partial charge in [-0.3, -0.25) is 15.0 Å². The zero-order chi connectivity index (χ0) is 37.3. The third-order valence-electron chi connectivity index (χ3n) is 9.85. The number of fused-ring (bicyclic) bond motifs is 1. The molecule has 1 aromatic heterocycles. The van der Waals surface area contributed by atoms with Crippen LogP contribution in [0.4, 0.5) is 21.9 Å². The number of hydrogen-bond donors (Lipinski definition) is 6. The Morgan fingerprint density at radius 2 is 1.50 bits per heavy atom. The quantitative estimate of drug-likeness (QED) is 0.0667. The second kappa shape index (κ2) is 17.3. The number of aromatic nitrogens is 1. The van der Waals surface area contributed by atoms with E-state index in [1.54, 1.807) is 12.1 Å². The normalized spacial score (nSPS) is 14.1. The highest BCUT2D eigenvalue weighted by Crippen LogP contribution is 2.30. The first-order valence-corrected chi connectivity index (χ1v) is 18.4. The first-order valence-electron chi connectivity index (χ1n) is 18.4. The minimum absolute atomic E-state index is 0.0251. The number of ether oxygens (including phenoxy) is 1. The summed E-state index contributed by atoms with van der Waals surface area (Å²) in [5, 5.41) is 31.3. The molecule has 54 heavy (non-hydrogen) atoms. The average molecular weight is 724 g/mol. The molecule has 10 nitrogen and oxygen atoms in total. The number of phenolic OH excluding ortho intramolecular Hbond substituents is 1. The molecule has 0 bridgehead atoms. The molecule has 0 saturated carbocycles. The van der Waals surface area contributed by atoms with E-state index in [4.69, 9.17) is 4.74 Å². The van der Waals surface area contributed by atoms with Crippen molar-refractivity contribution in [1.29, 1.82) is 0 Å². The van der Waals surface area contributed by atoms with Crippen molar-refractivity contribution in [3.05, 3.63) is 154 Å². The number of rotatable bonds is 13. The van der Waals surface area contributed by atoms with Crippen molar-refractivity contribution in [2.75, 3.05) is 36.8 Å². The Hall–Kier alpha value is -5.94. The van der Waals surface area contributed by atoms with Crippen LogP contribution in [0.25, 0.3) is 22.0 Å². The summed E-state index contributed by atoms with van der Waals surface area (Å²) in [4.78, 5) is 29.5. The van der Waals surface area contributed by atoms with Gasteiger partial charge in [-0.05, 0) is 90.5 Å². The molecule has 10 heteroatoms. The van der Waals surface area contributed by atoms with Gasteiger partial charge < -0.3 is 30.6 Å². The third-order valence-corrected chi connectivity index (χ3v) is 9.85. The maximum atomic E-state index is 12.8. The molecule has 1 aliphatic rings. The van der Waals surface area contributed by atoms with E-state index in [-0.39, 0.29) is 17.4 Å². The van der Waals surface area contributed by atoms with Gasteiger partial charge in [0.1, 0.15) is 11.9 Å². The van der Waals surface area contributed by atoms with Crippen LogP contribution in [-0.4, -0.2) is 58.5 Å². The van der Waals surface area contributed by atoms with E-state index in [0.717, 1.165) is 67.1 Å². The van der Waals surface area contributed by atoms with Crippen molar-refractivity contribution in [3.63, 3.8) is 0 Å². The number of aromatic hydroxyl groups is 1. The fourth-order valence-electron chi connectivity index (χ4n) is 6.94. The lowest BCUT2D eigenvalue weighted by Gasteiger charge is -2.31. The number of para-hydroxylation sites is 1. The van der Waals surface area contributed by atoms with E-state index in [1.807, 2.05) is 54.6 Å². The third kappa shape index (κ3) is 9.34. The molecule has 0 spiro atoms. The Morgan fingerprint density at radius 1 is 0.815 bits per heavy atom. The van der Waals surface area contributed by atoms with Crippen LogP contribution in [0.5, 0.6) is 5.75 Å². The van der Waals surface area contributed by atoms with Gasteiger partial charge in [-0.15, -0.1) is 0 Å². The molecule has 0 radical (unpaired) electrons. The standard InChI is InChI=1S/C44H45N5O5/c50-40-20-18-37(38-19-21-42(52)48-43(38)40)41(51)28-45-25-22-30-10-14-33(15-11-30)46-34-16-12-31(13-17-34)29-49-26-23-35(24-27-49)54-44(53)47-39-9-5-4-8-36(39)32-6-2-1-3-7-32/h1-21,35,41,45-46,50-51H,22-29H2,(H,47,53)(H,48,52)/t41-/m0/s1. The van der Waals surface area contributed by atoms with Crippen LogP contribution >= 0.6 is 0 Å². The maximum absolute atomic E-state index is 12.8. The number of likely N-dealkylation sites (tertiary alicyclic amines) is 1. The Labute approximate surface area is 314 Å². The molecule has 1 atom stereocenters. The van der Waals surface area contributed by atoms with Crippen molar-refractivity contribution >= 4 is 34.1 Å². The van der Waals surface area contributed by atoms with Crippen molar-refractivity contribution in [3.8, 4) is 16.9 Å². The minimum atomic E-state index is -0.793. The molecule has 2 heterocycles. The maximum Gasteiger partial charge on any atom is 0.411 e. The topological polar surface area (TPSA) is 139 Å². The molecular formula is C44H45N5O5. The number of pyridine rings is 1. The Morgan fingerprint density at radius 3 is 2.24 bits per heavy atom. The number of aromatic amines is 1. The number of nitrogens with zero attached hydrogens (tertiary/aromatic N) is 1. The van der Waals surface area contributed by atoms with Crippen LogP contribution in [0.2, 0.25) is 0 Å². The summed E-state index contributed by atoms with van der Waals surface area (Å²) in [5.74, 6) is -0.0251. The van der Waals surface area contributed by atoms with Crippen LogP contribution in [0, 0.1) is 0 Å². The van der Waals surface area contributed by atoms with Crippen LogP contribution < -0.4 is 21.5 Å². The molecule has 7 rings (SSSR count). The van der Waals surface area contributed by atoms with Gasteiger partial charge in [0.2, 0.25) is 5.56 Å². The number of benzene rings is 5. The van der Waals surface area contributed by atoms with E-state index in [2.05, 4.69) is 74.4 Å². The van der Waals surface area contributed by atoms with Gasteiger partial charge in [0, 0.05) is 54.6 Å². The summed E-state index contributed by atoms with van der Waals surface area (Å²) in [5.41, 5.74) is 7.83. The molecule has 6 aromatic rings. The average Bonchev–Trinajstić information content (AvgIpc) is 3.19. The number of phenols is 1.